The molecule has 3 rings (SSSR count). The van der Waals surface area contributed by atoms with E-state index in [1.807, 2.05) is 37.4 Å². The van der Waals surface area contributed by atoms with Gasteiger partial charge in [0.15, 0.2) is 5.82 Å². The zero-order valence-electron chi connectivity index (χ0n) is 13.8. The fourth-order valence-corrected chi connectivity index (χ4v) is 2.72. The fraction of sp³-hybridized carbons (Fsp3) is 0.471. The molecule has 0 saturated heterocycles. The topological polar surface area (TPSA) is 81.1 Å². The molecular weight excluding hydrogens is 306 g/mol. The van der Waals surface area contributed by atoms with Crippen molar-refractivity contribution in [3.63, 3.8) is 0 Å². The summed E-state index contributed by atoms with van der Waals surface area (Å²) >= 11 is 0. The summed E-state index contributed by atoms with van der Waals surface area (Å²) < 4.78 is 6.93. The third-order valence-corrected chi connectivity index (χ3v) is 4.10. The molecule has 7 heteroatoms. The molecule has 1 aromatic heterocycles. The lowest BCUT2D eigenvalue weighted by atomic mass is 9.87. The quantitative estimate of drug-likeness (QED) is 0.803. The Morgan fingerprint density at radius 3 is 2.79 bits per heavy atom. The number of ether oxygens (including phenoxy) is 1. The molecule has 0 radical (unpaired) electrons. The van der Waals surface area contributed by atoms with Crippen molar-refractivity contribution >= 4 is 6.09 Å². The van der Waals surface area contributed by atoms with Crippen molar-refractivity contribution in [2.45, 2.75) is 38.0 Å². The van der Waals surface area contributed by atoms with Crippen molar-refractivity contribution in [2.75, 3.05) is 6.54 Å². The number of amides is 1. The Morgan fingerprint density at radius 1 is 1.29 bits per heavy atom. The van der Waals surface area contributed by atoms with Crippen LogP contribution in [0.25, 0.3) is 0 Å². The SMILES string of the molecule is Cn1cnc(CCNC2CC(NC(=O)OCc3ccccc3)C2)n1. The number of nitrogens with one attached hydrogen (secondary N) is 2. The van der Waals surface area contributed by atoms with E-state index < -0.39 is 0 Å². The summed E-state index contributed by atoms with van der Waals surface area (Å²) in [5.74, 6) is 0.850. The lowest BCUT2D eigenvalue weighted by Crippen LogP contribution is -2.52. The third kappa shape index (κ3) is 4.79. The summed E-state index contributed by atoms with van der Waals surface area (Å²) in [4.78, 5) is 15.9. The van der Waals surface area contributed by atoms with Crippen LogP contribution in [0.5, 0.6) is 0 Å². The number of benzene rings is 1. The van der Waals surface area contributed by atoms with Crippen LogP contribution in [-0.4, -0.2) is 39.5 Å². The van der Waals surface area contributed by atoms with Crippen LogP contribution < -0.4 is 10.6 Å². The van der Waals surface area contributed by atoms with Gasteiger partial charge in [-0.1, -0.05) is 30.3 Å². The molecule has 2 aromatic rings. The summed E-state index contributed by atoms with van der Waals surface area (Å²) in [5.41, 5.74) is 0.990. The first-order valence-electron chi connectivity index (χ1n) is 8.24. The van der Waals surface area contributed by atoms with E-state index in [-0.39, 0.29) is 12.1 Å². The van der Waals surface area contributed by atoms with Gasteiger partial charge in [0.25, 0.3) is 0 Å². The molecule has 1 fully saturated rings. The lowest BCUT2D eigenvalue weighted by molar-refractivity contribution is 0.125. The van der Waals surface area contributed by atoms with Gasteiger partial charge in [0.1, 0.15) is 12.9 Å². The largest absolute Gasteiger partial charge is 0.445 e. The summed E-state index contributed by atoms with van der Waals surface area (Å²) in [5, 5.41) is 10.6. The van der Waals surface area contributed by atoms with Crippen molar-refractivity contribution in [3.8, 4) is 0 Å². The highest BCUT2D eigenvalue weighted by Gasteiger charge is 2.30. The van der Waals surface area contributed by atoms with Gasteiger partial charge in [-0.2, -0.15) is 5.10 Å². The Hall–Kier alpha value is -2.41. The number of carbonyl (C=O) groups excluding carboxylic acids is 1. The number of carbonyl (C=O) groups is 1. The number of rotatable bonds is 7. The van der Waals surface area contributed by atoms with Crippen LogP contribution in [0, 0.1) is 0 Å². The maximum absolute atomic E-state index is 11.8. The van der Waals surface area contributed by atoms with Gasteiger partial charge in [0.2, 0.25) is 0 Å². The van der Waals surface area contributed by atoms with E-state index in [2.05, 4.69) is 20.7 Å². The van der Waals surface area contributed by atoms with E-state index in [1.54, 1.807) is 11.0 Å². The molecule has 7 nitrogen and oxygen atoms in total. The summed E-state index contributed by atoms with van der Waals surface area (Å²) in [6, 6.07) is 10.3. The van der Waals surface area contributed by atoms with Crippen molar-refractivity contribution in [2.24, 2.45) is 7.05 Å². The van der Waals surface area contributed by atoms with Crippen LogP contribution in [0.3, 0.4) is 0 Å². The molecule has 24 heavy (non-hydrogen) atoms. The van der Waals surface area contributed by atoms with Crippen molar-refractivity contribution in [1.82, 2.24) is 25.4 Å². The minimum Gasteiger partial charge on any atom is -0.445 e. The van der Waals surface area contributed by atoms with Gasteiger partial charge in [-0.05, 0) is 18.4 Å². The molecule has 0 atom stereocenters. The molecule has 1 saturated carbocycles. The highest BCUT2D eigenvalue weighted by molar-refractivity contribution is 5.67. The third-order valence-electron chi connectivity index (χ3n) is 4.10. The molecule has 0 unspecified atom stereocenters. The fourth-order valence-electron chi connectivity index (χ4n) is 2.72. The molecule has 128 valence electrons. The number of hydrogen-bond donors (Lipinski definition) is 2. The van der Waals surface area contributed by atoms with E-state index in [1.165, 1.54) is 0 Å². The van der Waals surface area contributed by atoms with Crippen LogP contribution in [0.1, 0.15) is 24.2 Å². The average molecular weight is 329 g/mol. The Labute approximate surface area is 141 Å². The number of nitrogens with zero attached hydrogens (tertiary/aromatic N) is 3. The van der Waals surface area contributed by atoms with Gasteiger partial charge in [-0.3, -0.25) is 4.68 Å². The highest BCUT2D eigenvalue weighted by atomic mass is 16.5. The monoisotopic (exact) mass is 329 g/mol. The zero-order chi connectivity index (χ0) is 16.8. The minimum atomic E-state index is -0.347. The normalized spacial score (nSPS) is 19.5. The van der Waals surface area contributed by atoms with E-state index >= 15 is 0 Å². The second-order valence-electron chi connectivity index (χ2n) is 6.11. The van der Waals surface area contributed by atoms with Gasteiger partial charge in [0.05, 0.1) is 0 Å². The molecule has 0 aliphatic heterocycles. The molecule has 1 heterocycles. The first-order valence-corrected chi connectivity index (χ1v) is 8.24. The molecule has 2 N–H and O–H groups in total. The standard InChI is InChI=1S/C17H23N5O2/c1-22-12-19-16(21-22)7-8-18-14-9-15(10-14)20-17(23)24-11-13-5-3-2-4-6-13/h2-6,12,14-15,18H,7-11H2,1H3,(H,20,23). The molecule has 0 spiro atoms. The molecule has 1 aliphatic rings. The maximum Gasteiger partial charge on any atom is 0.407 e. The van der Waals surface area contributed by atoms with E-state index in [0.717, 1.165) is 37.2 Å². The molecular formula is C17H23N5O2. The maximum atomic E-state index is 11.8. The second-order valence-corrected chi connectivity index (χ2v) is 6.11. The summed E-state index contributed by atoms with van der Waals surface area (Å²) in [6.45, 7) is 1.15. The molecule has 1 amide bonds. The summed E-state index contributed by atoms with van der Waals surface area (Å²) in [7, 11) is 1.86. The van der Waals surface area contributed by atoms with Crippen LogP contribution in [0.4, 0.5) is 4.79 Å². The Kier molecular flexibility index (Phi) is 5.43. The van der Waals surface area contributed by atoms with E-state index in [4.69, 9.17) is 4.74 Å². The van der Waals surface area contributed by atoms with Gasteiger partial charge in [-0.25, -0.2) is 9.78 Å². The molecule has 1 aromatic carbocycles. The zero-order valence-corrected chi connectivity index (χ0v) is 13.8. The van der Waals surface area contributed by atoms with Gasteiger partial charge >= 0.3 is 6.09 Å². The van der Waals surface area contributed by atoms with Crippen LogP contribution in [0.15, 0.2) is 36.7 Å². The predicted octanol–water partition coefficient (Wildman–Crippen LogP) is 1.40. The Balaban J connectivity index is 1.26. The van der Waals surface area contributed by atoms with Gasteiger partial charge in [-0.15, -0.1) is 0 Å². The second kappa shape index (κ2) is 7.92. The molecule has 0 bridgehead atoms. The highest BCUT2D eigenvalue weighted by Crippen LogP contribution is 2.20. The van der Waals surface area contributed by atoms with Crippen molar-refractivity contribution < 1.29 is 9.53 Å². The smallest absolute Gasteiger partial charge is 0.407 e. The Bertz CT molecular complexity index is 652. The first-order chi connectivity index (χ1) is 11.7. The van der Waals surface area contributed by atoms with E-state index in [9.17, 15) is 4.79 Å². The summed E-state index contributed by atoms with van der Waals surface area (Å²) in [6.07, 6.45) is 4.03. The van der Waals surface area contributed by atoms with Crippen molar-refractivity contribution in [3.05, 3.63) is 48.0 Å². The Morgan fingerprint density at radius 2 is 2.08 bits per heavy atom. The van der Waals surface area contributed by atoms with Crippen molar-refractivity contribution in [1.29, 1.82) is 0 Å². The number of aromatic nitrogens is 3. The molecule has 1 aliphatic carbocycles. The number of alkyl carbamates (subject to hydrolysis) is 1. The predicted molar refractivity (Wildman–Crippen MR) is 89.3 cm³/mol. The van der Waals surface area contributed by atoms with Crippen LogP contribution in [-0.2, 0) is 24.8 Å². The van der Waals surface area contributed by atoms with Gasteiger partial charge in [0, 0.05) is 32.1 Å². The lowest BCUT2D eigenvalue weighted by Gasteiger charge is -2.36. The average Bonchev–Trinajstić information content (AvgIpc) is 2.97. The first kappa shape index (κ1) is 16.4. The van der Waals surface area contributed by atoms with E-state index in [0.29, 0.717) is 12.6 Å². The number of aryl methyl sites for hydroxylation is 1. The van der Waals surface area contributed by atoms with Crippen LogP contribution in [0.2, 0.25) is 0 Å². The van der Waals surface area contributed by atoms with Crippen LogP contribution >= 0.6 is 0 Å². The van der Waals surface area contributed by atoms with Gasteiger partial charge < -0.3 is 15.4 Å². The minimum absolute atomic E-state index is 0.193. The number of hydrogen-bond acceptors (Lipinski definition) is 5.